The maximum Gasteiger partial charge on any atom is 0.0786 e. The fourth-order valence-corrected chi connectivity index (χ4v) is 15.4. The molecular weight excluding hydrogens is 1120 g/mol. The van der Waals surface area contributed by atoms with Crippen LogP contribution >= 0.6 is 0 Å². The van der Waals surface area contributed by atoms with Gasteiger partial charge in [-0.05, 0) is 64.2 Å². The van der Waals surface area contributed by atoms with Crippen molar-refractivity contribution in [3.8, 4) is 0 Å². The molecule has 0 saturated heterocycles. The molecule has 562 valence electrons. The van der Waals surface area contributed by atoms with Gasteiger partial charge in [-0.3, -0.25) is 0 Å². The summed E-state index contributed by atoms with van der Waals surface area (Å²) in [6.07, 6.45) is 115. The normalized spacial score (nSPS) is 12.0. The van der Waals surface area contributed by atoms with Crippen LogP contribution < -0.4 is 0 Å². The summed E-state index contributed by atoms with van der Waals surface area (Å²) >= 11 is 0. The quantitative estimate of drug-likeness (QED) is 0.0421. The molecule has 0 aliphatic heterocycles. The zero-order chi connectivity index (χ0) is 67.7. The first kappa shape index (κ1) is 95.0. The number of hydrogen-bond donors (Lipinski definition) is 0. The summed E-state index contributed by atoms with van der Waals surface area (Å²) in [7, 11) is 6.88. The minimum atomic E-state index is 1.12. The smallest absolute Gasteiger partial charge is 0.0786 e. The second-order valence-electron chi connectivity index (χ2n) is 33.1. The summed E-state index contributed by atoms with van der Waals surface area (Å²) in [5.74, 6) is 0. The minimum absolute atomic E-state index is 1.12. The highest BCUT2D eigenvalue weighted by Crippen LogP contribution is 2.24. The van der Waals surface area contributed by atoms with Gasteiger partial charge in [0.25, 0.3) is 0 Å². The largest absolute Gasteiger partial charge is 0.331 e. The third kappa shape index (κ3) is 86.1. The molecule has 0 aromatic carbocycles. The van der Waals surface area contributed by atoms with Crippen LogP contribution in [0.15, 0.2) is 0 Å². The lowest BCUT2D eigenvalue weighted by Crippen LogP contribution is -2.50. The second-order valence-corrected chi connectivity index (χ2v) is 33.1. The van der Waals surface area contributed by atoms with Crippen LogP contribution in [0, 0.1) is 0 Å². The summed E-state index contributed by atoms with van der Waals surface area (Å²) in [6, 6.07) is 0. The van der Waals surface area contributed by atoms with Crippen molar-refractivity contribution in [3.63, 3.8) is 0 Å². The van der Waals surface area contributed by atoms with Gasteiger partial charge in [-0.1, -0.05) is 471 Å². The monoisotopic (exact) mass is 1310 g/mol. The molecule has 0 saturated carbocycles. The summed E-state index contributed by atoms with van der Waals surface area (Å²) in [4.78, 5) is 0. The molecule has 0 bridgehead atoms. The summed E-state index contributed by atoms with van der Waals surface area (Å²) in [5, 5.41) is 0. The Morgan fingerprint density at radius 2 is 0.194 bits per heavy atom. The van der Waals surface area contributed by atoms with Gasteiger partial charge >= 0.3 is 0 Å². The van der Waals surface area contributed by atoms with Crippen molar-refractivity contribution >= 4 is 0 Å². The van der Waals surface area contributed by atoms with Crippen LogP contribution in [0.4, 0.5) is 0 Å². The van der Waals surface area contributed by atoms with E-state index in [2.05, 4.69) is 55.8 Å². The molecule has 0 N–H and O–H groups in total. The van der Waals surface area contributed by atoms with E-state index in [1.54, 1.807) is 0 Å². The number of nitrogens with zero attached hydrogens (tertiary/aromatic N) is 2. The van der Waals surface area contributed by atoms with E-state index in [1.165, 1.54) is 538 Å². The first-order valence-corrected chi connectivity index (χ1v) is 45.5. The molecule has 0 aromatic heterocycles. The molecule has 0 spiro atoms. The number of quaternary nitrogens is 2. The van der Waals surface area contributed by atoms with Crippen LogP contribution in [-0.2, 0) is 0 Å². The first-order valence-electron chi connectivity index (χ1n) is 45.5. The molecule has 0 heterocycles. The van der Waals surface area contributed by atoms with Crippen molar-refractivity contribution in [2.24, 2.45) is 0 Å². The molecule has 2 heteroatoms. The maximum atomic E-state index is 2.33. The van der Waals surface area contributed by atoms with Gasteiger partial charge in [-0.2, -0.15) is 0 Å². The highest BCUT2D eigenvalue weighted by molar-refractivity contribution is 4.59. The average molecular weight is 1310 g/mol. The molecule has 0 atom stereocenters. The van der Waals surface area contributed by atoms with Crippen molar-refractivity contribution < 1.29 is 8.97 Å². The van der Waals surface area contributed by atoms with Gasteiger partial charge in [0.2, 0.25) is 0 Å². The van der Waals surface area contributed by atoms with E-state index < -0.39 is 0 Å². The first-order chi connectivity index (χ1) is 45.8. The fourth-order valence-electron chi connectivity index (χ4n) is 15.4. The Morgan fingerprint density at radius 3 is 0.290 bits per heavy atom. The van der Waals surface area contributed by atoms with Gasteiger partial charge in [0, 0.05) is 0 Å². The predicted molar refractivity (Wildman–Crippen MR) is 431 cm³/mol. The Kier molecular flexibility index (Phi) is 86.1. The third-order valence-electron chi connectivity index (χ3n) is 22.1. The molecule has 0 aliphatic carbocycles. The number of rotatable bonds is 83. The van der Waals surface area contributed by atoms with Crippen LogP contribution in [0.2, 0.25) is 0 Å². The lowest BCUT2D eigenvalue weighted by molar-refractivity contribution is -0.929. The van der Waals surface area contributed by atoms with Crippen molar-refractivity contribution in [1.29, 1.82) is 0 Å². The van der Waals surface area contributed by atoms with Crippen molar-refractivity contribution in [2.75, 3.05) is 53.9 Å². The minimum Gasteiger partial charge on any atom is -0.331 e. The lowest BCUT2D eigenvalue weighted by atomic mass is 10.0. The van der Waals surface area contributed by atoms with Gasteiger partial charge in [0.1, 0.15) is 0 Å². The molecule has 0 rings (SSSR count). The topological polar surface area (TPSA) is 0 Å². The van der Waals surface area contributed by atoms with Gasteiger partial charge < -0.3 is 8.97 Å². The Hall–Kier alpha value is -0.0800. The zero-order valence-corrected chi connectivity index (χ0v) is 67.6. The van der Waals surface area contributed by atoms with Crippen molar-refractivity contribution in [2.45, 2.75) is 535 Å². The summed E-state index contributed by atoms with van der Waals surface area (Å²) in [6.45, 7) is 18.9. The maximum absolute atomic E-state index is 2.33. The second kappa shape index (κ2) is 84.3. The van der Waals surface area contributed by atoms with E-state index >= 15 is 0 Å². The molecule has 2 nitrogen and oxygen atoms in total. The highest BCUT2D eigenvalue weighted by Gasteiger charge is 2.26. The lowest BCUT2D eigenvalue weighted by Gasteiger charge is -2.40. The Morgan fingerprint density at radius 1 is 0.108 bits per heavy atom. The van der Waals surface area contributed by atoms with Crippen LogP contribution in [-0.4, -0.2) is 62.8 Å². The van der Waals surface area contributed by atoms with Crippen LogP contribution in [0.5, 0.6) is 0 Å². The van der Waals surface area contributed by atoms with Crippen LogP contribution in [0.3, 0.4) is 0 Å². The fraction of sp³-hybridized carbons (Fsp3) is 1.00. The van der Waals surface area contributed by atoms with E-state index in [-0.39, 0.29) is 0 Å². The van der Waals surface area contributed by atoms with Gasteiger partial charge in [0.15, 0.2) is 0 Å². The molecule has 0 amide bonds. The molecule has 0 aromatic rings. The molecule has 0 fully saturated rings. The SMILES string of the molecule is CCCCCCCCCCCCCCCCCC[N+](CCCCCCCCCCCCCCCCCC)(CCCCCCCCCCCCCCCCCC)CCCCCCCCCCCCCCCCCC.CCCCCCCCCCCCCCCC[N+](C)(C)C. The predicted octanol–water partition coefficient (Wildman–Crippen LogP) is 33.0. The van der Waals surface area contributed by atoms with E-state index in [9.17, 15) is 0 Å². The van der Waals surface area contributed by atoms with Crippen LogP contribution in [0.25, 0.3) is 0 Å². The third-order valence-corrected chi connectivity index (χ3v) is 22.1. The molecule has 0 radical (unpaired) electrons. The molecular formula is C91H190N2+2. The summed E-state index contributed by atoms with van der Waals surface area (Å²) in [5.41, 5.74) is 0. The highest BCUT2D eigenvalue weighted by atomic mass is 15.3. The molecule has 0 unspecified atom stereocenters. The Balaban J connectivity index is 0. The Bertz CT molecular complexity index is 1100. The number of hydrogen-bond acceptors (Lipinski definition) is 0. The van der Waals surface area contributed by atoms with E-state index in [0.717, 1.165) is 4.48 Å². The zero-order valence-electron chi connectivity index (χ0n) is 67.6. The standard InChI is InChI=1S/C72H148N.C19H42N/c1-5-9-13-17-21-25-29-33-37-41-45-49-53-57-61-65-69-73(70-66-62-58-54-50-46-42-38-34-30-26-22-18-14-10-6-2,71-67-63-59-55-51-47-43-39-35-31-27-23-19-15-11-7-3)72-68-64-60-56-52-48-44-40-36-32-28-24-20-16-12-8-4;1-5-6-7-8-9-10-11-12-13-14-15-16-17-18-19-20(2,3)4/h5-72H2,1-4H3;5-19H2,1-4H3/q2*+1. The molecule has 0 aliphatic rings. The van der Waals surface area contributed by atoms with Crippen molar-refractivity contribution in [3.05, 3.63) is 0 Å². The van der Waals surface area contributed by atoms with Crippen LogP contribution in [0.1, 0.15) is 535 Å². The van der Waals surface area contributed by atoms with E-state index in [1.807, 2.05) is 0 Å². The molecule has 93 heavy (non-hydrogen) atoms. The Labute approximate surface area is 595 Å². The number of unbranched alkanes of at least 4 members (excludes halogenated alkanes) is 73. The van der Waals surface area contributed by atoms with Gasteiger partial charge in [-0.15, -0.1) is 0 Å². The van der Waals surface area contributed by atoms with E-state index in [0.29, 0.717) is 0 Å². The van der Waals surface area contributed by atoms with Gasteiger partial charge in [-0.25, -0.2) is 0 Å². The van der Waals surface area contributed by atoms with Crippen molar-refractivity contribution in [1.82, 2.24) is 0 Å². The summed E-state index contributed by atoms with van der Waals surface area (Å²) < 4.78 is 2.62. The van der Waals surface area contributed by atoms with E-state index in [4.69, 9.17) is 0 Å². The van der Waals surface area contributed by atoms with Gasteiger partial charge in [0.05, 0.1) is 53.9 Å². The average Bonchev–Trinajstić information content (AvgIpc) is 1.18.